The summed E-state index contributed by atoms with van der Waals surface area (Å²) in [7, 11) is 0. The number of anilines is 1. The number of hydrogen-bond donors (Lipinski definition) is 1. The van der Waals surface area contributed by atoms with E-state index in [1.54, 1.807) is 0 Å². The van der Waals surface area contributed by atoms with E-state index in [-0.39, 0.29) is 0 Å². The fourth-order valence-electron chi connectivity index (χ4n) is 2.17. The van der Waals surface area contributed by atoms with Gasteiger partial charge in [0.05, 0.1) is 18.9 Å². The maximum absolute atomic E-state index is 5.25. The van der Waals surface area contributed by atoms with Gasteiger partial charge in [-0.3, -0.25) is 5.10 Å². The molecule has 19 heavy (non-hydrogen) atoms. The Bertz CT molecular complexity index is 585. The summed E-state index contributed by atoms with van der Waals surface area (Å²) >= 11 is 0. The molecule has 6 heteroatoms. The third kappa shape index (κ3) is 2.62. The Morgan fingerprint density at radius 3 is 2.95 bits per heavy atom. The van der Waals surface area contributed by atoms with Crippen LogP contribution in [0.3, 0.4) is 0 Å². The molecule has 0 unspecified atom stereocenters. The Balaban J connectivity index is 1.68. The molecule has 2 aromatic heterocycles. The number of H-pyrrole nitrogens is 1. The highest BCUT2D eigenvalue weighted by Gasteiger charge is 2.16. The van der Waals surface area contributed by atoms with Gasteiger partial charge in [0.1, 0.15) is 0 Å². The standard InChI is InChI=1S/C13H17N5O/c1-10-7-13(15-14-10)18-5-3-4-17(9-18)8-12-6-11(2)16-19-12/h3-4,6-7H,5,8-9H2,1-2H3,(H,14,15). The molecule has 2 aromatic rings. The van der Waals surface area contributed by atoms with Gasteiger partial charge in [0.25, 0.3) is 0 Å². The quantitative estimate of drug-likeness (QED) is 0.910. The Hall–Kier alpha value is -2.24. The van der Waals surface area contributed by atoms with Gasteiger partial charge in [0, 0.05) is 24.4 Å². The van der Waals surface area contributed by atoms with Gasteiger partial charge in [-0.25, -0.2) is 0 Å². The molecule has 3 rings (SSSR count). The van der Waals surface area contributed by atoms with E-state index in [1.807, 2.05) is 19.9 Å². The van der Waals surface area contributed by atoms with E-state index < -0.39 is 0 Å². The number of aromatic amines is 1. The van der Waals surface area contributed by atoms with Crippen LogP contribution in [0.2, 0.25) is 0 Å². The van der Waals surface area contributed by atoms with Crippen molar-refractivity contribution in [3.8, 4) is 0 Å². The van der Waals surface area contributed by atoms with E-state index in [1.165, 1.54) is 0 Å². The first-order valence-electron chi connectivity index (χ1n) is 6.30. The molecule has 0 spiro atoms. The maximum Gasteiger partial charge on any atom is 0.156 e. The normalized spacial score (nSPS) is 15.3. The van der Waals surface area contributed by atoms with E-state index in [2.05, 4.69) is 43.5 Å². The van der Waals surface area contributed by atoms with E-state index >= 15 is 0 Å². The van der Waals surface area contributed by atoms with Gasteiger partial charge in [0.15, 0.2) is 11.6 Å². The SMILES string of the molecule is Cc1cc(CN2C=CCN(c3cc(C)[nH]n3)C2)on1. The molecular weight excluding hydrogens is 242 g/mol. The molecule has 6 nitrogen and oxygen atoms in total. The maximum atomic E-state index is 5.25. The first kappa shape index (κ1) is 11.8. The zero-order valence-corrected chi connectivity index (χ0v) is 11.1. The fraction of sp³-hybridized carbons (Fsp3) is 0.385. The molecule has 0 saturated carbocycles. The van der Waals surface area contributed by atoms with Crippen LogP contribution in [0.4, 0.5) is 5.82 Å². The predicted octanol–water partition coefficient (Wildman–Crippen LogP) is 1.81. The molecule has 0 saturated heterocycles. The lowest BCUT2D eigenvalue weighted by Crippen LogP contribution is -2.38. The second-order valence-corrected chi connectivity index (χ2v) is 4.84. The second kappa shape index (κ2) is 4.79. The highest BCUT2D eigenvalue weighted by molar-refractivity contribution is 5.40. The lowest BCUT2D eigenvalue weighted by molar-refractivity contribution is 0.289. The third-order valence-electron chi connectivity index (χ3n) is 3.05. The Labute approximate surface area is 111 Å². The lowest BCUT2D eigenvalue weighted by atomic mass is 10.3. The van der Waals surface area contributed by atoms with Crippen molar-refractivity contribution in [2.75, 3.05) is 18.1 Å². The van der Waals surface area contributed by atoms with Crippen molar-refractivity contribution < 1.29 is 4.52 Å². The highest BCUT2D eigenvalue weighted by atomic mass is 16.5. The summed E-state index contributed by atoms with van der Waals surface area (Å²) in [6.45, 7) is 6.32. The van der Waals surface area contributed by atoms with Crippen LogP contribution in [0.5, 0.6) is 0 Å². The molecule has 0 bridgehead atoms. The predicted molar refractivity (Wildman–Crippen MR) is 71.5 cm³/mol. The van der Waals surface area contributed by atoms with Gasteiger partial charge in [-0.05, 0) is 26.1 Å². The molecule has 3 heterocycles. The molecule has 0 radical (unpaired) electrons. The van der Waals surface area contributed by atoms with Crippen LogP contribution < -0.4 is 4.90 Å². The van der Waals surface area contributed by atoms with Crippen LogP contribution in [-0.2, 0) is 6.54 Å². The van der Waals surface area contributed by atoms with Gasteiger partial charge in [0.2, 0.25) is 0 Å². The summed E-state index contributed by atoms with van der Waals surface area (Å²) in [4.78, 5) is 4.38. The molecule has 1 N–H and O–H groups in total. The van der Waals surface area contributed by atoms with Crippen LogP contribution in [0.15, 0.2) is 28.9 Å². The first-order valence-corrected chi connectivity index (χ1v) is 6.30. The topological polar surface area (TPSA) is 61.2 Å². The number of nitrogens with zero attached hydrogens (tertiary/aromatic N) is 4. The minimum Gasteiger partial charge on any atom is -0.359 e. The molecule has 0 aromatic carbocycles. The molecule has 1 aliphatic heterocycles. The minimum absolute atomic E-state index is 0.719. The zero-order chi connectivity index (χ0) is 13.2. The molecule has 1 aliphatic rings. The summed E-state index contributed by atoms with van der Waals surface area (Å²) in [5, 5.41) is 11.2. The summed E-state index contributed by atoms with van der Waals surface area (Å²) in [6, 6.07) is 4.02. The molecule has 0 atom stereocenters. The van der Waals surface area contributed by atoms with Crippen LogP contribution >= 0.6 is 0 Å². The molecule has 0 fully saturated rings. The van der Waals surface area contributed by atoms with Crippen molar-refractivity contribution in [1.82, 2.24) is 20.3 Å². The van der Waals surface area contributed by atoms with Crippen molar-refractivity contribution >= 4 is 5.82 Å². The van der Waals surface area contributed by atoms with Crippen molar-refractivity contribution in [1.29, 1.82) is 0 Å². The zero-order valence-electron chi connectivity index (χ0n) is 11.1. The van der Waals surface area contributed by atoms with Crippen molar-refractivity contribution in [2.24, 2.45) is 0 Å². The average Bonchev–Trinajstić information content (AvgIpc) is 2.99. The Morgan fingerprint density at radius 1 is 1.37 bits per heavy atom. The van der Waals surface area contributed by atoms with Crippen LogP contribution in [0.1, 0.15) is 17.1 Å². The van der Waals surface area contributed by atoms with Gasteiger partial charge in [-0.15, -0.1) is 0 Å². The molecular formula is C13H17N5O. The molecule has 0 amide bonds. The van der Waals surface area contributed by atoms with Crippen LogP contribution in [0, 0.1) is 13.8 Å². The lowest BCUT2D eigenvalue weighted by Gasteiger charge is -2.32. The monoisotopic (exact) mass is 259 g/mol. The van der Waals surface area contributed by atoms with Crippen LogP contribution in [-0.4, -0.2) is 33.5 Å². The summed E-state index contributed by atoms with van der Waals surface area (Å²) in [6.07, 6.45) is 4.21. The summed E-state index contributed by atoms with van der Waals surface area (Å²) in [5.41, 5.74) is 1.98. The van der Waals surface area contributed by atoms with Gasteiger partial charge in [-0.1, -0.05) is 5.16 Å². The van der Waals surface area contributed by atoms with Crippen molar-refractivity contribution in [3.63, 3.8) is 0 Å². The second-order valence-electron chi connectivity index (χ2n) is 4.84. The summed E-state index contributed by atoms with van der Waals surface area (Å²) in [5.74, 6) is 1.85. The van der Waals surface area contributed by atoms with Crippen molar-refractivity contribution in [2.45, 2.75) is 20.4 Å². The Morgan fingerprint density at radius 2 is 2.26 bits per heavy atom. The Kier molecular flexibility index (Phi) is 2.98. The third-order valence-corrected chi connectivity index (χ3v) is 3.05. The highest BCUT2D eigenvalue weighted by Crippen LogP contribution is 2.17. The van der Waals surface area contributed by atoms with Crippen LogP contribution in [0.25, 0.3) is 0 Å². The number of aryl methyl sites for hydroxylation is 2. The van der Waals surface area contributed by atoms with Crippen molar-refractivity contribution in [3.05, 3.63) is 41.6 Å². The number of rotatable bonds is 3. The van der Waals surface area contributed by atoms with E-state index in [4.69, 9.17) is 4.52 Å². The van der Waals surface area contributed by atoms with Gasteiger partial charge in [-0.2, -0.15) is 5.10 Å². The number of hydrogen-bond acceptors (Lipinski definition) is 5. The first-order chi connectivity index (χ1) is 9.20. The summed E-state index contributed by atoms with van der Waals surface area (Å²) < 4.78 is 5.25. The van der Waals surface area contributed by atoms with E-state index in [9.17, 15) is 0 Å². The fourth-order valence-corrected chi connectivity index (χ4v) is 2.17. The largest absolute Gasteiger partial charge is 0.359 e. The van der Waals surface area contributed by atoms with E-state index in [0.29, 0.717) is 0 Å². The average molecular weight is 259 g/mol. The van der Waals surface area contributed by atoms with Gasteiger partial charge < -0.3 is 14.3 Å². The number of aromatic nitrogens is 3. The molecule has 100 valence electrons. The van der Waals surface area contributed by atoms with E-state index in [0.717, 1.165) is 42.7 Å². The minimum atomic E-state index is 0.719. The molecule has 0 aliphatic carbocycles. The smallest absolute Gasteiger partial charge is 0.156 e. The van der Waals surface area contributed by atoms with Gasteiger partial charge >= 0.3 is 0 Å². The number of nitrogens with one attached hydrogen (secondary N) is 1.